The van der Waals surface area contributed by atoms with E-state index in [4.69, 9.17) is 37.0 Å². The first-order valence-corrected chi connectivity index (χ1v) is 44.4. The second-order valence-corrected chi connectivity index (χ2v) is 30.2. The Labute approximate surface area is 644 Å². The first-order valence-electron chi connectivity index (χ1n) is 41.4. The van der Waals surface area contributed by atoms with Crippen molar-refractivity contribution >= 4 is 39.5 Å². The van der Waals surface area contributed by atoms with Gasteiger partial charge in [-0.3, -0.25) is 37.3 Å². The van der Waals surface area contributed by atoms with Crippen LogP contribution in [0.15, 0.2) is 134 Å². The number of phosphoric acid groups is 2. The molecule has 0 amide bonds. The summed E-state index contributed by atoms with van der Waals surface area (Å²) in [6.45, 7) is 4.62. The molecule has 2 unspecified atom stereocenters. The number of aliphatic hydroxyl groups is 1. The molecule has 0 saturated carbocycles. The molecule has 0 aromatic rings. The summed E-state index contributed by atoms with van der Waals surface area (Å²) < 4.78 is 68.6. The fourth-order valence-corrected chi connectivity index (χ4v) is 12.4. The molecule has 19 heteroatoms. The molecule has 3 N–H and O–H groups in total. The van der Waals surface area contributed by atoms with Crippen LogP contribution in [0.25, 0.3) is 0 Å². The molecule has 0 aliphatic rings. The number of unbranched alkanes of at least 4 members (excludes halogenated alkanes) is 29. The van der Waals surface area contributed by atoms with Crippen molar-refractivity contribution in [2.24, 2.45) is 0 Å². The molecule has 0 radical (unpaired) electrons. The normalized spacial score (nSPS) is 14.5. The fraction of sp³-hybridized carbons (Fsp3) is 0.701. The first-order chi connectivity index (χ1) is 51.7. The summed E-state index contributed by atoms with van der Waals surface area (Å²) >= 11 is 0. The van der Waals surface area contributed by atoms with Crippen molar-refractivity contribution in [1.29, 1.82) is 0 Å². The van der Waals surface area contributed by atoms with Crippen LogP contribution in [0.2, 0.25) is 0 Å². The zero-order chi connectivity index (χ0) is 77.4. The third kappa shape index (κ3) is 77.4. The van der Waals surface area contributed by atoms with E-state index < -0.39 is 97.5 Å². The van der Waals surface area contributed by atoms with Crippen molar-refractivity contribution < 1.29 is 80.2 Å². The molecular formula is C87H148O17P2. The summed E-state index contributed by atoms with van der Waals surface area (Å²) in [7, 11) is -10.00. The van der Waals surface area contributed by atoms with Crippen LogP contribution in [0.1, 0.15) is 336 Å². The van der Waals surface area contributed by atoms with E-state index in [0.717, 1.165) is 141 Å². The van der Waals surface area contributed by atoms with Gasteiger partial charge < -0.3 is 33.8 Å². The second kappa shape index (κ2) is 78.3. The number of hydrogen-bond donors (Lipinski definition) is 3. The molecule has 0 saturated heterocycles. The number of esters is 4. The van der Waals surface area contributed by atoms with E-state index in [1.807, 2.05) is 18.2 Å². The first kappa shape index (κ1) is 101. The summed E-state index contributed by atoms with van der Waals surface area (Å²) in [5.74, 6) is -2.31. The summed E-state index contributed by atoms with van der Waals surface area (Å²) in [4.78, 5) is 73.1. The Bertz CT molecular complexity index is 2530. The smallest absolute Gasteiger partial charge is 0.462 e. The molecule has 608 valence electrons. The van der Waals surface area contributed by atoms with Gasteiger partial charge in [0.2, 0.25) is 0 Å². The Kier molecular flexibility index (Phi) is 74.8. The van der Waals surface area contributed by atoms with Gasteiger partial charge in [-0.2, -0.15) is 0 Å². The molecule has 0 bridgehead atoms. The van der Waals surface area contributed by atoms with E-state index >= 15 is 0 Å². The van der Waals surface area contributed by atoms with Crippen LogP contribution in [0.5, 0.6) is 0 Å². The van der Waals surface area contributed by atoms with Crippen molar-refractivity contribution in [3.63, 3.8) is 0 Å². The lowest BCUT2D eigenvalue weighted by Crippen LogP contribution is -2.30. The molecule has 0 aliphatic carbocycles. The standard InChI is InChI=1S/C87H148O17P2/c1-5-9-13-17-21-25-29-33-36-38-40-42-45-48-52-56-60-64-68-72-85(90)98-78-83(104-87(92)74-70-66-62-58-54-50-46-43-41-39-37-34-30-26-22-18-14-10-6-2)80-102-106(95,96)100-76-81(88)75-99-105(93,94)101-79-82(77-97-84(89)71-67-63-59-55-51-47-32-28-24-20-16-12-8-4)103-86(91)73-69-65-61-57-53-49-44-35-31-27-23-19-15-11-7-3/h9,13,21-22,25-26,28,32-34,36-37,40-43,48,50,52,54,62,66,81-83,88H,5-8,10-12,14-20,23-24,27,29-31,35,38-39,44-47,49,51,53,55-61,63-65,67-80H2,1-4H3,(H,93,94)(H,95,96)/b13-9-,25-21-,26-22-,32-28-,36-33-,37-34-,42-40-,43-41-,52-48-,54-50-,66-62-/t81-,82+,83+/m0/s1. The van der Waals surface area contributed by atoms with Gasteiger partial charge >= 0.3 is 39.5 Å². The fourth-order valence-electron chi connectivity index (χ4n) is 10.8. The predicted octanol–water partition coefficient (Wildman–Crippen LogP) is 24.4. The number of carbonyl (C=O) groups is 4. The number of rotatable bonds is 77. The highest BCUT2D eigenvalue weighted by molar-refractivity contribution is 7.47. The minimum Gasteiger partial charge on any atom is -0.462 e. The quantitative estimate of drug-likeness (QED) is 0.0169. The van der Waals surface area contributed by atoms with Crippen LogP contribution in [0.3, 0.4) is 0 Å². The molecule has 0 spiro atoms. The average Bonchev–Trinajstić information content (AvgIpc) is 0.903. The predicted molar refractivity (Wildman–Crippen MR) is 436 cm³/mol. The molecule has 5 atom stereocenters. The zero-order valence-corrected chi connectivity index (χ0v) is 68.4. The highest BCUT2D eigenvalue weighted by atomic mass is 31.2. The van der Waals surface area contributed by atoms with Crippen LogP contribution in [0.4, 0.5) is 0 Å². The lowest BCUT2D eigenvalue weighted by atomic mass is 10.0. The van der Waals surface area contributed by atoms with Gasteiger partial charge in [-0.15, -0.1) is 0 Å². The van der Waals surface area contributed by atoms with E-state index in [2.05, 4.69) is 143 Å². The number of allylic oxidation sites excluding steroid dienone is 22. The monoisotopic (exact) mass is 1530 g/mol. The maximum atomic E-state index is 13.1. The van der Waals surface area contributed by atoms with Gasteiger partial charge in [0.15, 0.2) is 12.2 Å². The number of aliphatic hydroxyl groups excluding tert-OH is 1. The minimum absolute atomic E-state index is 0.0393. The lowest BCUT2D eigenvalue weighted by molar-refractivity contribution is -0.161. The molecule has 0 heterocycles. The Balaban J connectivity index is 5.47. The Hall–Kier alpha value is -4.80. The van der Waals surface area contributed by atoms with Crippen LogP contribution >= 0.6 is 15.6 Å². The van der Waals surface area contributed by atoms with E-state index in [9.17, 15) is 43.2 Å². The minimum atomic E-state index is -5.01. The highest BCUT2D eigenvalue weighted by Gasteiger charge is 2.30. The molecule has 0 aromatic heterocycles. The molecular weight excluding hydrogens is 1380 g/mol. The number of hydrogen-bond acceptors (Lipinski definition) is 15. The molecule has 17 nitrogen and oxygen atoms in total. The third-order valence-corrected chi connectivity index (χ3v) is 19.0. The Morgan fingerprint density at radius 1 is 0.274 bits per heavy atom. The van der Waals surface area contributed by atoms with Gasteiger partial charge in [-0.25, -0.2) is 9.13 Å². The largest absolute Gasteiger partial charge is 0.472 e. The lowest BCUT2D eigenvalue weighted by Gasteiger charge is -2.21. The molecule has 0 aliphatic heterocycles. The van der Waals surface area contributed by atoms with Crippen molar-refractivity contribution in [2.75, 3.05) is 39.6 Å². The van der Waals surface area contributed by atoms with E-state index in [-0.39, 0.29) is 25.7 Å². The van der Waals surface area contributed by atoms with Crippen molar-refractivity contribution in [2.45, 2.75) is 354 Å². The summed E-state index contributed by atoms with van der Waals surface area (Å²) in [5.41, 5.74) is 0. The molecule has 0 fully saturated rings. The van der Waals surface area contributed by atoms with Gasteiger partial charge in [0.1, 0.15) is 19.3 Å². The van der Waals surface area contributed by atoms with E-state index in [1.54, 1.807) is 0 Å². The summed E-state index contributed by atoms with van der Waals surface area (Å²) in [5, 5.41) is 10.7. The Morgan fingerprint density at radius 3 is 0.858 bits per heavy atom. The maximum Gasteiger partial charge on any atom is 0.472 e. The van der Waals surface area contributed by atoms with Crippen LogP contribution in [-0.4, -0.2) is 96.7 Å². The van der Waals surface area contributed by atoms with E-state index in [0.29, 0.717) is 32.1 Å². The topological polar surface area (TPSA) is 237 Å². The molecule has 0 rings (SSSR count). The van der Waals surface area contributed by atoms with Gasteiger partial charge in [0.25, 0.3) is 0 Å². The number of carbonyl (C=O) groups excluding carboxylic acids is 4. The third-order valence-electron chi connectivity index (χ3n) is 17.1. The van der Waals surface area contributed by atoms with Gasteiger partial charge in [0.05, 0.1) is 26.4 Å². The number of phosphoric ester groups is 2. The van der Waals surface area contributed by atoms with Crippen LogP contribution < -0.4 is 0 Å². The van der Waals surface area contributed by atoms with Crippen molar-refractivity contribution in [1.82, 2.24) is 0 Å². The van der Waals surface area contributed by atoms with Gasteiger partial charge in [0, 0.05) is 25.7 Å². The average molecular weight is 1530 g/mol. The zero-order valence-electron chi connectivity index (χ0n) is 66.6. The van der Waals surface area contributed by atoms with E-state index in [1.165, 1.54) is 109 Å². The maximum absolute atomic E-state index is 13.1. The summed E-state index contributed by atoms with van der Waals surface area (Å²) in [6, 6.07) is 0. The van der Waals surface area contributed by atoms with Gasteiger partial charge in [-0.05, 0) is 135 Å². The van der Waals surface area contributed by atoms with Crippen molar-refractivity contribution in [3.05, 3.63) is 134 Å². The van der Waals surface area contributed by atoms with Crippen LogP contribution in [0, 0.1) is 0 Å². The van der Waals surface area contributed by atoms with Gasteiger partial charge in [-0.1, -0.05) is 309 Å². The number of ether oxygens (including phenoxy) is 4. The highest BCUT2D eigenvalue weighted by Crippen LogP contribution is 2.45. The Morgan fingerprint density at radius 2 is 0.509 bits per heavy atom. The van der Waals surface area contributed by atoms with Crippen LogP contribution in [-0.2, 0) is 65.4 Å². The molecule has 106 heavy (non-hydrogen) atoms. The van der Waals surface area contributed by atoms with Crippen molar-refractivity contribution in [3.8, 4) is 0 Å². The SMILES string of the molecule is CC/C=C\C/C=C\C/C=C\C/C=C\C/C=C\CCCCCC(=O)OC[C@H](COP(=O)(O)OC[C@@H](O)COP(=O)(O)OC[C@@H](COC(=O)CCCCCCC/C=C\CCCCCC)OC(=O)CCCCCCCCCCCCCCCCC)OC(=O)CC/C=C\C/C=C\C/C=C\C/C=C\C/C=C\CCCCC. The summed E-state index contributed by atoms with van der Waals surface area (Å²) in [6.07, 6.45) is 88.7. The molecule has 0 aromatic carbocycles. The second-order valence-electron chi connectivity index (χ2n) is 27.3.